The Morgan fingerprint density at radius 3 is 1.54 bits per heavy atom. The highest BCUT2D eigenvalue weighted by molar-refractivity contribution is 5.69. The maximum absolute atomic E-state index is 11.8. The van der Waals surface area contributed by atoms with Gasteiger partial charge < -0.3 is 9.47 Å². The first-order valence-electron chi connectivity index (χ1n) is 14.6. The molecule has 1 heterocycles. The van der Waals surface area contributed by atoms with Crippen molar-refractivity contribution in [2.45, 2.75) is 141 Å². The van der Waals surface area contributed by atoms with Gasteiger partial charge in [-0.15, -0.1) is 0 Å². The third-order valence-corrected chi connectivity index (χ3v) is 5.45. The molecule has 1 atom stereocenters. The molecule has 166 valence electrons. The lowest BCUT2D eigenvalue weighted by Gasteiger charge is -2.04. The highest BCUT2D eigenvalue weighted by Gasteiger charge is 2.23. The van der Waals surface area contributed by atoms with Crippen molar-refractivity contribution in [3.63, 3.8) is 0 Å². The molecule has 28 heavy (non-hydrogen) atoms. The summed E-state index contributed by atoms with van der Waals surface area (Å²) in [7, 11) is 0. The van der Waals surface area contributed by atoms with Crippen molar-refractivity contribution in [3.05, 3.63) is 0 Å². The second-order valence-electron chi connectivity index (χ2n) is 8.22. The molecule has 0 spiro atoms. The van der Waals surface area contributed by atoms with E-state index in [4.69, 9.17) is 6.85 Å². The summed E-state index contributed by atoms with van der Waals surface area (Å²) in [6.45, 7) is -2.95. The number of epoxide rings is 1. The molecule has 1 aliphatic heterocycles. The van der Waals surface area contributed by atoms with E-state index in [0.717, 1.165) is 19.3 Å². The first-order chi connectivity index (χ1) is 15.7. The van der Waals surface area contributed by atoms with Gasteiger partial charge in [-0.1, -0.05) is 122 Å². The monoisotopic (exact) mass is 401 g/mol. The highest BCUT2D eigenvalue weighted by Crippen LogP contribution is 2.15. The second-order valence-corrected chi connectivity index (χ2v) is 8.22. The summed E-state index contributed by atoms with van der Waals surface area (Å²) < 4.78 is 46.5. The quantitative estimate of drug-likeness (QED) is 0.106. The van der Waals surface area contributed by atoms with Crippen molar-refractivity contribution < 1.29 is 21.1 Å². The van der Waals surface area contributed by atoms with Gasteiger partial charge in [0.1, 0.15) is 12.6 Å². The topological polar surface area (TPSA) is 38.8 Å². The van der Waals surface area contributed by atoms with E-state index in [1.165, 1.54) is 96.3 Å². The number of rotatable bonds is 22. The second kappa shape index (κ2) is 19.7. The van der Waals surface area contributed by atoms with Crippen molar-refractivity contribution in [2.24, 2.45) is 0 Å². The van der Waals surface area contributed by atoms with Gasteiger partial charge in [-0.25, -0.2) is 0 Å². The third kappa shape index (κ3) is 18.8. The first kappa shape index (κ1) is 18.2. The molecule has 1 unspecified atom stereocenters. The third-order valence-electron chi connectivity index (χ3n) is 5.45. The Hall–Kier alpha value is -0.570. The molecule has 1 saturated heterocycles. The molecular weight excluding hydrogens is 348 g/mol. The lowest BCUT2D eigenvalue weighted by molar-refractivity contribution is -0.144. The number of esters is 1. The molecule has 0 aliphatic carbocycles. The lowest BCUT2D eigenvalue weighted by atomic mass is 10.0. The van der Waals surface area contributed by atoms with E-state index in [2.05, 4.69) is 16.4 Å². The summed E-state index contributed by atoms with van der Waals surface area (Å²) in [6, 6.07) is 0. The Labute approximate surface area is 182 Å². The molecule has 0 aromatic rings. The molecule has 3 nitrogen and oxygen atoms in total. The van der Waals surface area contributed by atoms with Crippen LogP contribution in [0, 0.1) is 0 Å². The van der Waals surface area contributed by atoms with Crippen LogP contribution in [0.1, 0.15) is 142 Å². The van der Waals surface area contributed by atoms with E-state index < -0.39 is 25.2 Å². The summed E-state index contributed by atoms with van der Waals surface area (Å²) >= 11 is 0. The SMILES string of the molecule is [2H]C([2H])(OC(=O)CCCCCCCCCCCCCCCCCCCCC)C1([2H])OC1([2H])[2H]. The van der Waals surface area contributed by atoms with Crippen molar-refractivity contribution in [3.8, 4) is 0 Å². The van der Waals surface area contributed by atoms with Crippen molar-refractivity contribution in [1.82, 2.24) is 0 Å². The van der Waals surface area contributed by atoms with Crippen LogP contribution < -0.4 is 0 Å². The van der Waals surface area contributed by atoms with Crippen LogP contribution in [0.5, 0.6) is 0 Å². The van der Waals surface area contributed by atoms with Gasteiger partial charge >= 0.3 is 5.97 Å². The Morgan fingerprint density at radius 1 is 0.821 bits per heavy atom. The number of ether oxygens (including phenoxy) is 2. The molecule has 0 amide bonds. The Bertz CT molecular complexity index is 530. The van der Waals surface area contributed by atoms with E-state index in [1.54, 1.807) is 0 Å². The molecule has 3 heteroatoms. The van der Waals surface area contributed by atoms with E-state index in [-0.39, 0.29) is 6.42 Å². The predicted molar refractivity (Wildman–Crippen MR) is 119 cm³/mol. The number of hydrogen-bond acceptors (Lipinski definition) is 3. The van der Waals surface area contributed by atoms with Crippen LogP contribution >= 0.6 is 0 Å². The van der Waals surface area contributed by atoms with Gasteiger partial charge in [0.25, 0.3) is 0 Å². The fourth-order valence-corrected chi connectivity index (χ4v) is 3.57. The minimum absolute atomic E-state index is 0.0808. The normalized spacial score (nSPS) is 23.2. The van der Waals surface area contributed by atoms with Gasteiger partial charge in [0.15, 0.2) is 0 Å². The van der Waals surface area contributed by atoms with Gasteiger partial charge in [-0.05, 0) is 6.42 Å². The Morgan fingerprint density at radius 2 is 1.18 bits per heavy atom. The molecule has 1 fully saturated rings. The van der Waals surface area contributed by atoms with Crippen LogP contribution in [0.15, 0.2) is 0 Å². The van der Waals surface area contributed by atoms with E-state index in [9.17, 15) is 4.79 Å². The van der Waals surface area contributed by atoms with Crippen LogP contribution in [-0.4, -0.2) is 25.2 Å². The van der Waals surface area contributed by atoms with Gasteiger partial charge in [0.05, 0.1) is 13.4 Å². The zero-order valence-corrected chi connectivity index (χ0v) is 18.4. The van der Waals surface area contributed by atoms with E-state index in [1.807, 2.05) is 0 Å². The van der Waals surface area contributed by atoms with E-state index >= 15 is 0 Å². The minimum atomic E-state index is -2.79. The standard InChI is InChI=1S/C25H48O3/c1-2-3-4-5-6-7-8-9-10-11-12-13-14-15-16-17-18-19-20-21-25(26)28-23-24-22-27-24/h24H,2-23H2,1H3/i22D2,23D2,24D. The zero-order chi connectivity index (χ0) is 24.6. The van der Waals surface area contributed by atoms with Crippen LogP contribution in [0.4, 0.5) is 0 Å². The summed E-state index contributed by atoms with van der Waals surface area (Å²) in [4.78, 5) is 11.8. The van der Waals surface area contributed by atoms with Gasteiger partial charge in [0.2, 0.25) is 0 Å². The Balaban J connectivity index is 1.82. The smallest absolute Gasteiger partial charge is 0.305 e. The molecule has 0 aromatic heterocycles. The number of unbranched alkanes of at least 4 members (excludes halogenated alkanes) is 18. The molecule has 0 N–H and O–H groups in total. The van der Waals surface area contributed by atoms with Crippen molar-refractivity contribution >= 4 is 5.97 Å². The van der Waals surface area contributed by atoms with E-state index in [0.29, 0.717) is 6.42 Å². The largest absolute Gasteiger partial charge is 0.463 e. The van der Waals surface area contributed by atoms with Crippen molar-refractivity contribution in [2.75, 3.05) is 13.1 Å². The van der Waals surface area contributed by atoms with Crippen molar-refractivity contribution in [1.29, 1.82) is 0 Å². The fraction of sp³-hybridized carbons (Fsp3) is 0.960. The molecule has 1 rings (SSSR count). The maximum atomic E-state index is 11.8. The number of hydrogen-bond donors (Lipinski definition) is 0. The molecule has 0 radical (unpaired) electrons. The fourth-order valence-electron chi connectivity index (χ4n) is 3.57. The average Bonchev–Trinajstić information content (AvgIpc) is 3.29. The van der Waals surface area contributed by atoms with Crippen LogP contribution in [0.2, 0.25) is 0 Å². The predicted octanol–water partition coefficient (Wildman–Crippen LogP) is 7.75. The first-order valence-corrected chi connectivity index (χ1v) is 12.1. The minimum Gasteiger partial charge on any atom is -0.463 e. The summed E-state index contributed by atoms with van der Waals surface area (Å²) in [6.07, 6.45) is 21.8. The maximum Gasteiger partial charge on any atom is 0.305 e. The summed E-state index contributed by atoms with van der Waals surface area (Å²) in [5, 5.41) is 0. The summed E-state index contributed by atoms with van der Waals surface area (Å²) in [5.41, 5.74) is 0. The molecule has 0 saturated carbocycles. The molecular formula is C25H48O3. The highest BCUT2D eigenvalue weighted by atomic mass is 16.6. The lowest BCUT2D eigenvalue weighted by Crippen LogP contribution is -2.09. The molecule has 0 aromatic carbocycles. The van der Waals surface area contributed by atoms with Crippen LogP contribution in [-0.2, 0) is 14.3 Å². The van der Waals surface area contributed by atoms with Gasteiger partial charge in [-0.3, -0.25) is 4.79 Å². The van der Waals surface area contributed by atoms with Crippen LogP contribution in [0.3, 0.4) is 0 Å². The molecule has 1 aliphatic rings. The average molecular weight is 402 g/mol. The van der Waals surface area contributed by atoms with Crippen LogP contribution in [0.25, 0.3) is 0 Å². The Kier molecular flexibility index (Phi) is 12.8. The van der Waals surface area contributed by atoms with Gasteiger partial charge in [-0.2, -0.15) is 0 Å². The zero-order valence-electron chi connectivity index (χ0n) is 23.4. The van der Waals surface area contributed by atoms with Gasteiger partial charge in [0, 0.05) is 6.42 Å². The summed E-state index contributed by atoms with van der Waals surface area (Å²) in [5.74, 6) is -0.745. The number of carbonyl (C=O) groups is 1. The molecule has 0 bridgehead atoms. The number of carbonyl (C=O) groups excluding carboxylic acids is 1.